The fourth-order valence-electron chi connectivity index (χ4n) is 5.39. The normalized spacial score (nSPS) is 23.8. The summed E-state index contributed by atoms with van der Waals surface area (Å²) in [5.74, 6) is 1.51. The number of carbonyl (C=O) groups excluding carboxylic acids is 2. The lowest BCUT2D eigenvalue weighted by Crippen LogP contribution is -2.44. The van der Waals surface area contributed by atoms with Crippen molar-refractivity contribution in [2.24, 2.45) is 5.41 Å². The van der Waals surface area contributed by atoms with Crippen LogP contribution < -0.4 is 9.47 Å². The predicted octanol–water partition coefficient (Wildman–Crippen LogP) is 2.25. The van der Waals surface area contributed by atoms with Gasteiger partial charge in [-0.2, -0.15) is 0 Å². The Labute approximate surface area is 178 Å². The summed E-state index contributed by atoms with van der Waals surface area (Å²) in [4.78, 5) is 32.3. The fourth-order valence-corrected chi connectivity index (χ4v) is 5.39. The van der Waals surface area contributed by atoms with E-state index in [1.165, 1.54) is 0 Å². The molecule has 3 aliphatic heterocycles. The molecule has 30 heavy (non-hydrogen) atoms. The average Bonchev–Trinajstić information content (AvgIpc) is 3.41. The number of piperidine rings is 1. The number of hydrogen-bond acceptors (Lipinski definition) is 5. The third kappa shape index (κ3) is 3.87. The molecule has 0 radical (unpaired) electrons. The second kappa shape index (κ2) is 8.46. The Bertz CT molecular complexity index is 798. The standard InChI is InChI=1S/C23H33N3O4/c1-24-16-23(15-19(24)22(28)25-10-4-5-11-25)8-12-26(13-9-23)21(27)18-7-6-17(29-2)14-20(18)30-3/h6-7,14,19H,4-5,8-13,15-16H2,1-3H3. The predicted molar refractivity (Wildman–Crippen MR) is 114 cm³/mol. The zero-order valence-electron chi connectivity index (χ0n) is 18.4. The monoisotopic (exact) mass is 415 g/mol. The summed E-state index contributed by atoms with van der Waals surface area (Å²) < 4.78 is 10.7. The van der Waals surface area contributed by atoms with E-state index in [4.69, 9.17) is 9.47 Å². The molecular formula is C23H33N3O4. The van der Waals surface area contributed by atoms with Gasteiger partial charge in [0.15, 0.2) is 0 Å². The van der Waals surface area contributed by atoms with Gasteiger partial charge in [0.05, 0.1) is 25.8 Å². The van der Waals surface area contributed by atoms with Crippen LogP contribution in [0.3, 0.4) is 0 Å². The molecule has 0 aromatic heterocycles. The molecule has 3 saturated heterocycles. The number of nitrogens with zero attached hydrogens (tertiary/aromatic N) is 3. The highest BCUT2D eigenvalue weighted by Crippen LogP contribution is 2.43. The molecule has 0 saturated carbocycles. The first kappa shape index (κ1) is 21.0. The summed E-state index contributed by atoms with van der Waals surface area (Å²) in [5.41, 5.74) is 0.704. The molecule has 3 aliphatic rings. The molecule has 7 heteroatoms. The Morgan fingerprint density at radius 1 is 1.00 bits per heavy atom. The van der Waals surface area contributed by atoms with E-state index in [0.717, 1.165) is 51.7 Å². The molecular weight excluding hydrogens is 382 g/mol. The van der Waals surface area contributed by atoms with Crippen LogP contribution in [0.25, 0.3) is 0 Å². The summed E-state index contributed by atoms with van der Waals surface area (Å²) in [7, 11) is 5.25. The van der Waals surface area contributed by atoms with Crippen LogP contribution in [0.4, 0.5) is 0 Å². The lowest BCUT2D eigenvalue weighted by atomic mass is 9.76. The Hall–Kier alpha value is -2.28. The third-order valence-electron chi connectivity index (χ3n) is 7.20. The Kier molecular flexibility index (Phi) is 5.91. The molecule has 3 fully saturated rings. The van der Waals surface area contributed by atoms with Crippen LogP contribution in [-0.2, 0) is 4.79 Å². The van der Waals surface area contributed by atoms with Crippen LogP contribution in [0.15, 0.2) is 18.2 Å². The molecule has 2 amide bonds. The smallest absolute Gasteiger partial charge is 0.257 e. The van der Waals surface area contributed by atoms with Crippen LogP contribution >= 0.6 is 0 Å². The summed E-state index contributed by atoms with van der Waals surface area (Å²) in [6.07, 6.45) is 5.03. The lowest BCUT2D eigenvalue weighted by Gasteiger charge is -2.39. The maximum absolute atomic E-state index is 13.1. The number of carbonyl (C=O) groups is 2. The van der Waals surface area contributed by atoms with Gasteiger partial charge in [-0.1, -0.05) is 0 Å². The highest BCUT2D eigenvalue weighted by atomic mass is 16.5. The number of hydrogen-bond donors (Lipinski definition) is 0. The van der Waals surface area contributed by atoms with Crippen LogP contribution in [-0.4, -0.2) is 86.5 Å². The summed E-state index contributed by atoms with van der Waals surface area (Å²) >= 11 is 0. The van der Waals surface area contributed by atoms with E-state index < -0.39 is 0 Å². The number of likely N-dealkylation sites (N-methyl/N-ethyl adjacent to an activating group) is 1. The van der Waals surface area contributed by atoms with Gasteiger partial charge >= 0.3 is 0 Å². The van der Waals surface area contributed by atoms with Crippen LogP contribution in [0.2, 0.25) is 0 Å². The summed E-state index contributed by atoms with van der Waals surface area (Å²) in [5, 5.41) is 0. The van der Waals surface area contributed by atoms with E-state index in [-0.39, 0.29) is 17.4 Å². The Balaban J connectivity index is 1.40. The number of amides is 2. The van der Waals surface area contributed by atoms with Gasteiger partial charge < -0.3 is 19.3 Å². The van der Waals surface area contributed by atoms with E-state index in [1.807, 2.05) is 9.80 Å². The second-order valence-electron chi connectivity index (χ2n) is 9.03. The van der Waals surface area contributed by atoms with E-state index in [9.17, 15) is 9.59 Å². The van der Waals surface area contributed by atoms with Crippen molar-refractivity contribution in [2.75, 3.05) is 54.0 Å². The fraction of sp³-hybridized carbons (Fsp3) is 0.652. The first-order chi connectivity index (χ1) is 14.5. The molecule has 1 atom stereocenters. The molecule has 3 heterocycles. The highest BCUT2D eigenvalue weighted by molar-refractivity contribution is 5.97. The third-order valence-corrected chi connectivity index (χ3v) is 7.20. The van der Waals surface area contributed by atoms with Crippen LogP contribution in [0.1, 0.15) is 42.5 Å². The van der Waals surface area contributed by atoms with Crippen molar-refractivity contribution in [3.05, 3.63) is 23.8 Å². The number of methoxy groups -OCH3 is 2. The van der Waals surface area contributed by atoms with E-state index in [1.54, 1.807) is 32.4 Å². The zero-order chi connectivity index (χ0) is 21.3. The number of rotatable bonds is 4. The minimum Gasteiger partial charge on any atom is -0.497 e. The van der Waals surface area contributed by atoms with Crippen LogP contribution in [0, 0.1) is 5.41 Å². The minimum atomic E-state index is -0.00738. The van der Waals surface area contributed by atoms with Crippen molar-refractivity contribution in [3.63, 3.8) is 0 Å². The highest BCUT2D eigenvalue weighted by Gasteiger charge is 2.48. The number of ether oxygens (including phenoxy) is 2. The van der Waals surface area contributed by atoms with E-state index >= 15 is 0 Å². The molecule has 1 aromatic rings. The minimum absolute atomic E-state index is 0.000368. The van der Waals surface area contributed by atoms with Crippen molar-refractivity contribution < 1.29 is 19.1 Å². The van der Waals surface area contributed by atoms with Gasteiger partial charge in [-0.3, -0.25) is 14.5 Å². The van der Waals surface area contributed by atoms with Crippen molar-refractivity contribution in [3.8, 4) is 11.5 Å². The molecule has 0 bridgehead atoms. The molecule has 1 aromatic carbocycles. The van der Waals surface area contributed by atoms with Gasteiger partial charge in [-0.25, -0.2) is 0 Å². The summed E-state index contributed by atoms with van der Waals surface area (Å²) in [6.45, 7) is 4.17. The molecule has 1 unspecified atom stereocenters. The first-order valence-electron chi connectivity index (χ1n) is 11.0. The molecule has 4 rings (SSSR count). The molecule has 0 N–H and O–H groups in total. The molecule has 0 aliphatic carbocycles. The van der Waals surface area contributed by atoms with Crippen LogP contribution in [0.5, 0.6) is 11.5 Å². The zero-order valence-corrected chi connectivity index (χ0v) is 18.4. The first-order valence-corrected chi connectivity index (χ1v) is 11.0. The molecule has 1 spiro atoms. The molecule has 7 nitrogen and oxygen atoms in total. The Morgan fingerprint density at radius 2 is 1.70 bits per heavy atom. The number of likely N-dealkylation sites (tertiary alicyclic amines) is 3. The maximum Gasteiger partial charge on any atom is 0.257 e. The quantitative estimate of drug-likeness (QED) is 0.755. The van der Waals surface area contributed by atoms with Crippen molar-refractivity contribution in [1.82, 2.24) is 14.7 Å². The Morgan fingerprint density at radius 3 is 2.33 bits per heavy atom. The van der Waals surface area contributed by atoms with E-state index in [0.29, 0.717) is 36.1 Å². The summed E-state index contributed by atoms with van der Waals surface area (Å²) in [6, 6.07) is 5.31. The lowest BCUT2D eigenvalue weighted by molar-refractivity contribution is -0.134. The largest absolute Gasteiger partial charge is 0.497 e. The second-order valence-corrected chi connectivity index (χ2v) is 9.03. The van der Waals surface area contributed by atoms with Gasteiger partial charge in [0.25, 0.3) is 5.91 Å². The SMILES string of the molecule is COc1ccc(C(=O)N2CCC3(CC2)CC(C(=O)N2CCCC2)N(C)C3)c(OC)c1. The maximum atomic E-state index is 13.1. The number of benzene rings is 1. The van der Waals surface area contributed by atoms with Gasteiger partial charge in [-0.15, -0.1) is 0 Å². The van der Waals surface area contributed by atoms with Crippen molar-refractivity contribution >= 4 is 11.8 Å². The topological polar surface area (TPSA) is 62.3 Å². The average molecular weight is 416 g/mol. The molecule has 164 valence electrons. The van der Waals surface area contributed by atoms with Gasteiger partial charge in [-0.05, 0) is 56.7 Å². The van der Waals surface area contributed by atoms with Gasteiger partial charge in [0.2, 0.25) is 5.91 Å². The van der Waals surface area contributed by atoms with E-state index in [2.05, 4.69) is 11.9 Å². The van der Waals surface area contributed by atoms with Crippen molar-refractivity contribution in [1.29, 1.82) is 0 Å². The van der Waals surface area contributed by atoms with Gasteiger partial charge in [0.1, 0.15) is 11.5 Å². The van der Waals surface area contributed by atoms with Crippen molar-refractivity contribution in [2.45, 2.75) is 38.1 Å². The van der Waals surface area contributed by atoms with Gasteiger partial charge in [0, 0.05) is 38.8 Å².